The molecule has 0 amide bonds. The molecular formula is C13H15N3O2S2. The van der Waals surface area contributed by atoms with Crippen molar-refractivity contribution in [1.82, 2.24) is 9.71 Å². The van der Waals surface area contributed by atoms with Crippen LogP contribution in [0.3, 0.4) is 0 Å². The Bertz CT molecular complexity index is 662. The Balaban J connectivity index is 1.64. The van der Waals surface area contributed by atoms with Gasteiger partial charge in [0.25, 0.3) is 0 Å². The first-order chi connectivity index (χ1) is 9.63. The van der Waals surface area contributed by atoms with Gasteiger partial charge in [-0.2, -0.15) is 0 Å². The lowest BCUT2D eigenvalue weighted by Crippen LogP contribution is -2.25. The van der Waals surface area contributed by atoms with Gasteiger partial charge in [-0.25, -0.2) is 18.1 Å². The molecule has 3 rings (SSSR count). The zero-order valence-corrected chi connectivity index (χ0v) is 12.4. The Labute approximate surface area is 122 Å². The van der Waals surface area contributed by atoms with E-state index in [1.54, 1.807) is 41.1 Å². The van der Waals surface area contributed by atoms with Crippen molar-refractivity contribution < 1.29 is 8.42 Å². The number of hydrogen-bond donors (Lipinski definition) is 2. The molecule has 0 bridgehead atoms. The highest BCUT2D eigenvalue weighted by Gasteiger charge is 2.27. The van der Waals surface area contributed by atoms with E-state index in [0.717, 1.165) is 24.2 Å². The Morgan fingerprint density at radius 1 is 1.25 bits per heavy atom. The van der Waals surface area contributed by atoms with Crippen molar-refractivity contribution in [1.29, 1.82) is 0 Å². The van der Waals surface area contributed by atoms with Crippen LogP contribution in [0.2, 0.25) is 0 Å². The molecular weight excluding hydrogens is 294 g/mol. The minimum absolute atomic E-state index is 0.127. The molecule has 20 heavy (non-hydrogen) atoms. The molecule has 1 aromatic carbocycles. The van der Waals surface area contributed by atoms with Crippen LogP contribution in [0.15, 0.2) is 40.1 Å². The molecule has 1 fully saturated rings. The van der Waals surface area contributed by atoms with Crippen molar-refractivity contribution in [3.05, 3.63) is 40.8 Å². The Morgan fingerprint density at radius 3 is 2.60 bits per heavy atom. The van der Waals surface area contributed by atoms with Gasteiger partial charge in [0.2, 0.25) is 10.0 Å². The van der Waals surface area contributed by atoms with Crippen LogP contribution < -0.4 is 10.0 Å². The first-order valence-corrected chi connectivity index (χ1v) is 8.79. The summed E-state index contributed by atoms with van der Waals surface area (Å²) in [4.78, 5) is 4.49. The van der Waals surface area contributed by atoms with Gasteiger partial charge in [0.1, 0.15) is 0 Å². The van der Waals surface area contributed by atoms with Crippen LogP contribution in [0.4, 0.5) is 5.69 Å². The Kier molecular flexibility index (Phi) is 3.73. The number of benzene rings is 1. The minimum atomic E-state index is -3.36. The third-order valence-corrected chi connectivity index (χ3v) is 5.19. The second-order valence-electron chi connectivity index (χ2n) is 4.75. The number of nitrogens with one attached hydrogen (secondary N) is 2. The fraction of sp³-hybridized carbons (Fsp3) is 0.308. The molecule has 2 aromatic rings. The van der Waals surface area contributed by atoms with Crippen LogP contribution in [0, 0.1) is 0 Å². The van der Waals surface area contributed by atoms with Crippen LogP contribution in [0.25, 0.3) is 0 Å². The van der Waals surface area contributed by atoms with Gasteiger partial charge in [0.05, 0.1) is 22.6 Å². The van der Waals surface area contributed by atoms with Gasteiger partial charge >= 0.3 is 0 Å². The van der Waals surface area contributed by atoms with Gasteiger partial charge in [0, 0.05) is 17.1 Å². The highest BCUT2D eigenvalue weighted by atomic mass is 32.2. The fourth-order valence-electron chi connectivity index (χ4n) is 1.76. The average molecular weight is 309 g/mol. The lowest BCUT2D eigenvalue weighted by Gasteiger charge is -2.08. The van der Waals surface area contributed by atoms with Gasteiger partial charge in [-0.3, -0.25) is 0 Å². The third kappa shape index (κ3) is 3.36. The van der Waals surface area contributed by atoms with Crippen molar-refractivity contribution in [2.24, 2.45) is 0 Å². The average Bonchev–Trinajstić information content (AvgIpc) is 3.08. The van der Waals surface area contributed by atoms with Crippen LogP contribution in [-0.2, 0) is 16.6 Å². The molecule has 1 aromatic heterocycles. The number of hydrogen-bond acceptors (Lipinski definition) is 5. The molecule has 0 atom stereocenters. The first-order valence-electron chi connectivity index (χ1n) is 6.37. The first kappa shape index (κ1) is 13.5. The molecule has 7 heteroatoms. The summed E-state index contributed by atoms with van der Waals surface area (Å²) in [6.07, 6.45) is 1.87. The second kappa shape index (κ2) is 5.51. The van der Waals surface area contributed by atoms with Gasteiger partial charge in [-0.1, -0.05) is 0 Å². The summed E-state index contributed by atoms with van der Waals surface area (Å²) in [5.41, 5.74) is 3.64. The van der Waals surface area contributed by atoms with E-state index in [4.69, 9.17) is 0 Å². The quantitative estimate of drug-likeness (QED) is 0.858. The molecule has 5 nitrogen and oxygen atoms in total. The molecule has 2 N–H and O–H groups in total. The summed E-state index contributed by atoms with van der Waals surface area (Å²) < 4.78 is 26.7. The maximum atomic E-state index is 12.0. The molecule has 1 aliphatic rings. The minimum Gasteiger partial charge on any atom is -0.379 e. The summed E-state index contributed by atoms with van der Waals surface area (Å²) >= 11 is 1.55. The second-order valence-corrected chi connectivity index (χ2v) is 7.19. The monoisotopic (exact) mass is 309 g/mol. The molecule has 0 aliphatic heterocycles. The van der Waals surface area contributed by atoms with E-state index in [9.17, 15) is 8.42 Å². The Morgan fingerprint density at radius 2 is 2.00 bits per heavy atom. The lowest BCUT2D eigenvalue weighted by atomic mass is 10.3. The molecule has 1 saturated carbocycles. The number of aromatic nitrogens is 1. The molecule has 1 aliphatic carbocycles. The van der Waals surface area contributed by atoms with Crippen molar-refractivity contribution in [2.45, 2.75) is 30.3 Å². The summed E-state index contributed by atoms with van der Waals surface area (Å²) in [5, 5.41) is 5.19. The van der Waals surface area contributed by atoms with Crippen molar-refractivity contribution in [3.8, 4) is 0 Å². The van der Waals surface area contributed by atoms with E-state index in [0.29, 0.717) is 11.4 Å². The van der Waals surface area contributed by atoms with E-state index < -0.39 is 10.0 Å². The van der Waals surface area contributed by atoms with Crippen LogP contribution in [-0.4, -0.2) is 19.4 Å². The van der Waals surface area contributed by atoms with Crippen LogP contribution in [0.1, 0.15) is 18.5 Å². The summed E-state index contributed by atoms with van der Waals surface area (Å²) in [6.45, 7) is 0.635. The van der Waals surface area contributed by atoms with E-state index in [1.807, 2.05) is 5.38 Å². The van der Waals surface area contributed by atoms with Gasteiger partial charge in [-0.05, 0) is 37.1 Å². The highest BCUT2D eigenvalue weighted by Crippen LogP contribution is 2.22. The zero-order chi connectivity index (χ0) is 14.0. The summed E-state index contributed by atoms with van der Waals surface area (Å²) in [5.74, 6) is 0. The van der Waals surface area contributed by atoms with Crippen LogP contribution >= 0.6 is 11.3 Å². The lowest BCUT2D eigenvalue weighted by molar-refractivity contribution is 0.581. The zero-order valence-electron chi connectivity index (χ0n) is 10.7. The number of thiazole rings is 1. The molecule has 106 valence electrons. The van der Waals surface area contributed by atoms with Crippen LogP contribution in [0.5, 0.6) is 0 Å². The Hall–Kier alpha value is -1.44. The summed E-state index contributed by atoms with van der Waals surface area (Å²) in [7, 11) is -3.36. The number of nitrogens with zero attached hydrogens (tertiary/aromatic N) is 1. The predicted octanol–water partition coefficient (Wildman–Crippen LogP) is 2.20. The third-order valence-electron chi connectivity index (χ3n) is 3.02. The highest BCUT2D eigenvalue weighted by molar-refractivity contribution is 7.89. The molecule has 0 unspecified atom stereocenters. The normalized spacial score (nSPS) is 15.2. The molecule has 1 heterocycles. The van der Waals surface area contributed by atoms with Crippen molar-refractivity contribution >= 4 is 27.0 Å². The largest absolute Gasteiger partial charge is 0.379 e. The topological polar surface area (TPSA) is 71.1 Å². The molecule has 0 spiro atoms. The molecule has 0 radical (unpaired) electrons. The van der Waals surface area contributed by atoms with E-state index in [-0.39, 0.29) is 6.04 Å². The number of sulfonamides is 1. The SMILES string of the molecule is O=S(=O)(NC1CC1)c1ccc(NCc2cscn2)cc1. The fourth-order valence-corrected chi connectivity index (χ4v) is 3.62. The van der Waals surface area contributed by atoms with E-state index in [2.05, 4.69) is 15.0 Å². The summed E-state index contributed by atoms with van der Waals surface area (Å²) in [6, 6.07) is 6.91. The van der Waals surface area contributed by atoms with Gasteiger partial charge in [0.15, 0.2) is 0 Å². The molecule has 0 saturated heterocycles. The number of anilines is 1. The standard InChI is InChI=1S/C13H15N3O2S2/c17-20(18,16-11-1-2-11)13-5-3-10(4-6-13)14-7-12-8-19-9-15-12/h3-6,8-9,11,14,16H,1-2,7H2. The number of rotatable bonds is 6. The van der Waals surface area contributed by atoms with Crippen molar-refractivity contribution in [2.75, 3.05) is 5.32 Å². The van der Waals surface area contributed by atoms with Gasteiger partial charge < -0.3 is 5.32 Å². The maximum Gasteiger partial charge on any atom is 0.240 e. The van der Waals surface area contributed by atoms with Crippen molar-refractivity contribution in [3.63, 3.8) is 0 Å². The smallest absolute Gasteiger partial charge is 0.240 e. The predicted molar refractivity (Wildman–Crippen MR) is 79.2 cm³/mol. The maximum absolute atomic E-state index is 12.0. The van der Waals surface area contributed by atoms with E-state index >= 15 is 0 Å². The van der Waals surface area contributed by atoms with Gasteiger partial charge in [-0.15, -0.1) is 11.3 Å². The van der Waals surface area contributed by atoms with E-state index in [1.165, 1.54) is 0 Å².